The molecule has 0 amide bonds. The molecule has 0 saturated heterocycles. The van der Waals surface area contributed by atoms with E-state index in [0.29, 0.717) is 0 Å². The number of nitrogens with zero attached hydrogens (tertiary/aromatic N) is 2. The Kier molecular flexibility index (Phi) is 1.77. The Morgan fingerprint density at radius 3 is 1.29 bits per heavy atom. The summed E-state index contributed by atoms with van der Waals surface area (Å²) in [6.45, 7) is 7.02. The number of hydrogen-bond donors (Lipinski definition) is 0. The topological polar surface area (TPSA) is 0 Å². The van der Waals surface area contributed by atoms with Crippen molar-refractivity contribution < 1.29 is 8.97 Å². The lowest BCUT2D eigenvalue weighted by molar-refractivity contribution is -0.940. The Labute approximate surface area is 87.3 Å². The van der Waals surface area contributed by atoms with E-state index >= 15 is 0 Å². The molecule has 2 heteroatoms. The van der Waals surface area contributed by atoms with E-state index < -0.39 is 0 Å². The van der Waals surface area contributed by atoms with Crippen LogP contribution in [0.25, 0.3) is 0 Å². The number of allylic oxidation sites excluding steroid dienone is 2. The van der Waals surface area contributed by atoms with E-state index in [1.165, 1.54) is 24.2 Å². The van der Waals surface area contributed by atoms with E-state index in [1.54, 1.807) is 11.4 Å². The molecule has 0 N–H and O–H groups in total. The molecule has 1 aliphatic carbocycles. The van der Waals surface area contributed by atoms with Crippen LogP contribution in [0.15, 0.2) is 22.5 Å². The van der Waals surface area contributed by atoms with Crippen LogP contribution < -0.4 is 0 Å². The summed E-state index contributed by atoms with van der Waals surface area (Å²) in [5.41, 5.74) is 6.21. The molecule has 0 atom stereocenters. The summed E-state index contributed by atoms with van der Waals surface area (Å²) in [7, 11) is 9.30. The highest BCUT2D eigenvalue weighted by Crippen LogP contribution is 2.45. The third-order valence-electron chi connectivity index (χ3n) is 3.93. The van der Waals surface area contributed by atoms with Gasteiger partial charge in [0, 0.05) is 11.1 Å². The van der Waals surface area contributed by atoms with Crippen LogP contribution in [0.3, 0.4) is 0 Å². The van der Waals surface area contributed by atoms with Gasteiger partial charge in [0.1, 0.15) is 13.1 Å². The van der Waals surface area contributed by atoms with Crippen LogP contribution in [0.2, 0.25) is 0 Å². The van der Waals surface area contributed by atoms with Crippen molar-refractivity contribution >= 4 is 0 Å². The number of rotatable bonds is 0. The average Bonchev–Trinajstić information content (AvgIpc) is 2.07. The minimum Gasteiger partial charge on any atom is -0.286 e. The smallest absolute Gasteiger partial charge is 0.197 e. The molecule has 0 saturated carbocycles. The van der Waals surface area contributed by atoms with Crippen molar-refractivity contribution in [1.82, 2.24) is 0 Å². The van der Waals surface area contributed by atoms with Crippen LogP contribution in [-0.2, 0) is 0 Å². The molecule has 0 bridgehead atoms. The van der Waals surface area contributed by atoms with Gasteiger partial charge in [0.25, 0.3) is 0 Å². The molecule has 1 aliphatic heterocycles. The molecule has 2 nitrogen and oxygen atoms in total. The highest BCUT2D eigenvalue weighted by atomic mass is 15.4. The highest BCUT2D eigenvalue weighted by molar-refractivity contribution is 5.52. The van der Waals surface area contributed by atoms with E-state index in [4.69, 9.17) is 0 Å². The molecule has 2 aliphatic rings. The van der Waals surface area contributed by atoms with Crippen molar-refractivity contribution in [2.24, 2.45) is 0 Å². The van der Waals surface area contributed by atoms with Crippen LogP contribution in [0, 0.1) is 0 Å². The maximum Gasteiger partial charge on any atom is 0.197 e. The summed E-state index contributed by atoms with van der Waals surface area (Å²) in [5.74, 6) is 0. The quantitative estimate of drug-likeness (QED) is 0.515. The van der Waals surface area contributed by atoms with Crippen LogP contribution in [0.4, 0.5) is 0 Å². The van der Waals surface area contributed by atoms with Gasteiger partial charge in [-0.1, -0.05) is 0 Å². The summed E-state index contributed by atoms with van der Waals surface area (Å²) in [4.78, 5) is 0. The van der Waals surface area contributed by atoms with Gasteiger partial charge in [0.2, 0.25) is 0 Å². The van der Waals surface area contributed by atoms with Gasteiger partial charge in [0.05, 0.1) is 28.2 Å². The van der Waals surface area contributed by atoms with Crippen LogP contribution >= 0.6 is 0 Å². The molecule has 1 heterocycles. The lowest BCUT2D eigenvalue weighted by Crippen LogP contribution is -2.59. The predicted octanol–water partition coefficient (Wildman–Crippen LogP) is 1.71. The molecule has 14 heavy (non-hydrogen) atoms. The van der Waals surface area contributed by atoms with Crippen LogP contribution in [0.5, 0.6) is 0 Å². The molecule has 0 radical (unpaired) electrons. The van der Waals surface area contributed by atoms with Gasteiger partial charge < -0.3 is 0 Å². The Balaban J connectivity index is 2.51. The summed E-state index contributed by atoms with van der Waals surface area (Å²) in [5, 5.41) is 0. The zero-order valence-electron chi connectivity index (χ0n) is 10.3. The second-order valence-corrected chi connectivity index (χ2v) is 5.76. The van der Waals surface area contributed by atoms with Crippen LogP contribution in [0.1, 0.15) is 13.8 Å². The summed E-state index contributed by atoms with van der Waals surface area (Å²) >= 11 is 0. The van der Waals surface area contributed by atoms with Gasteiger partial charge in [-0.3, -0.25) is 8.97 Å². The first-order valence-corrected chi connectivity index (χ1v) is 5.37. The SMILES string of the molecule is CC1=C(C)C2=C1[N+](C)(C)CC[N+]2(C)C. The van der Waals surface area contributed by atoms with E-state index in [-0.39, 0.29) is 0 Å². The average molecular weight is 194 g/mol. The van der Waals surface area contributed by atoms with Crippen molar-refractivity contribution in [2.45, 2.75) is 13.8 Å². The molecule has 0 fully saturated rings. The largest absolute Gasteiger partial charge is 0.286 e. The molecule has 0 aromatic rings. The van der Waals surface area contributed by atoms with Crippen molar-refractivity contribution in [3.63, 3.8) is 0 Å². The standard InChI is InChI=1S/C12H22N2/c1-9-10(2)12-11(9)13(3,4)7-8-14(12,5)6/h7-8H2,1-6H3/q+2. The van der Waals surface area contributed by atoms with Gasteiger partial charge >= 0.3 is 0 Å². The van der Waals surface area contributed by atoms with Gasteiger partial charge in [-0.05, 0) is 13.8 Å². The van der Waals surface area contributed by atoms with Gasteiger partial charge in [-0.2, -0.15) is 0 Å². The lowest BCUT2D eigenvalue weighted by Gasteiger charge is -2.48. The third-order valence-corrected chi connectivity index (χ3v) is 3.93. The first kappa shape index (κ1) is 9.94. The second-order valence-electron chi connectivity index (χ2n) is 5.76. The zero-order chi connectivity index (χ0) is 10.7. The minimum atomic E-state index is 1.07. The minimum absolute atomic E-state index is 1.07. The molecular formula is C12H22N2+2. The maximum atomic E-state index is 2.32. The van der Waals surface area contributed by atoms with Crippen molar-refractivity contribution in [1.29, 1.82) is 0 Å². The van der Waals surface area contributed by atoms with Gasteiger partial charge in [-0.25, -0.2) is 0 Å². The Morgan fingerprint density at radius 2 is 1.00 bits per heavy atom. The van der Waals surface area contributed by atoms with E-state index in [1.807, 2.05) is 0 Å². The van der Waals surface area contributed by atoms with Crippen LogP contribution in [-0.4, -0.2) is 50.2 Å². The molecular weight excluding hydrogens is 172 g/mol. The fraction of sp³-hybridized carbons (Fsp3) is 0.667. The van der Waals surface area contributed by atoms with E-state index in [2.05, 4.69) is 42.0 Å². The number of hydrogen-bond acceptors (Lipinski definition) is 0. The molecule has 78 valence electrons. The summed E-state index contributed by atoms with van der Waals surface area (Å²) in [6, 6.07) is 0. The summed E-state index contributed by atoms with van der Waals surface area (Å²) in [6.07, 6.45) is 0. The molecule has 0 aromatic heterocycles. The van der Waals surface area contributed by atoms with Crippen molar-refractivity contribution in [3.05, 3.63) is 22.5 Å². The monoisotopic (exact) mass is 194 g/mol. The van der Waals surface area contributed by atoms with E-state index in [0.717, 1.165) is 8.97 Å². The maximum absolute atomic E-state index is 2.32. The van der Waals surface area contributed by atoms with Gasteiger partial charge in [0.15, 0.2) is 11.4 Å². The van der Waals surface area contributed by atoms with Gasteiger partial charge in [-0.15, -0.1) is 0 Å². The molecule has 2 rings (SSSR count). The second kappa shape index (κ2) is 2.50. The predicted molar refractivity (Wildman–Crippen MR) is 59.4 cm³/mol. The summed E-state index contributed by atoms with van der Waals surface area (Å²) < 4.78 is 2.14. The molecule has 0 spiro atoms. The third kappa shape index (κ3) is 1.04. The Hall–Kier alpha value is -0.600. The number of likely N-dealkylation sites (N-methyl/N-ethyl adjacent to an activating group) is 2. The zero-order valence-corrected chi connectivity index (χ0v) is 10.3. The highest BCUT2D eigenvalue weighted by Gasteiger charge is 2.49. The molecule has 0 unspecified atom stereocenters. The Morgan fingerprint density at radius 1 is 0.714 bits per heavy atom. The lowest BCUT2D eigenvalue weighted by atomic mass is 9.86. The van der Waals surface area contributed by atoms with E-state index in [9.17, 15) is 0 Å². The first-order chi connectivity index (χ1) is 6.27. The number of quaternary nitrogens is 2. The van der Waals surface area contributed by atoms with Crippen molar-refractivity contribution in [3.8, 4) is 0 Å². The fourth-order valence-electron chi connectivity index (χ4n) is 2.85. The fourth-order valence-corrected chi connectivity index (χ4v) is 2.85. The Bertz CT molecular complexity index is 323. The van der Waals surface area contributed by atoms with Crippen molar-refractivity contribution in [2.75, 3.05) is 41.3 Å². The molecule has 0 aromatic carbocycles. The first-order valence-electron chi connectivity index (χ1n) is 5.37. The normalized spacial score (nSPS) is 28.7.